The molecule has 3 rings (SSSR count). The molecular formula is C15H14Cl2N2O2. The first kappa shape index (κ1) is 14.4. The molecule has 110 valence electrons. The molecule has 4 nitrogen and oxygen atoms in total. The molecule has 1 aromatic heterocycles. The average molecular weight is 325 g/mol. The quantitative estimate of drug-likeness (QED) is 0.932. The summed E-state index contributed by atoms with van der Waals surface area (Å²) in [6.07, 6.45) is 0.820. The van der Waals surface area contributed by atoms with Crippen molar-refractivity contribution in [3.05, 3.63) is 51.3 Å². The van der Waals surface area contributed by atoms with Crippen molar-refractivity contribution < 1.29 is 9.32 Å². The molecule has 2 aromatic rings. The minimum atomic E-state index is -0.0208. The number of rotatable bonds is 4. The highest BCUT2D eigenvalue weighted by Crippen LogP contribution is 2.48. The summed E-state index contributed by atoms with van der Waals surface area (Å²) in [6.45, 7) is 2.20. The molecule has 1 saturated carbocycles. The first-order valence-corrected chi connectivity index (χ1v) is 7.44. The van der Waals surface area contributed by atoms with Gasteiger partial charge in [0.15, 0.2) is 0 Å². The van der Waals surface area contributed by atoms with Gasteiger partial charge in [0.2, 0.25) is 5.91 Å². The van der Waals surface area contributed by atoms with Crippen molar-refractivity contribution in [2.45, 2.75) is 25.8 Å². The van der Waals surface area contributed by atoms with Gasteiger partial charge >= 0.3 is 0 Å². The van der Waals surface area contributed by atoms with E-state index in [1.165, 1.54) is 0 Å². The van der Waals surface area contributed by atoms with Crippen molar-refractivity contribution in [2.24, 2.45) is 5.92 Å². The van der Waals surface area contributed by atoms with Crippen LogP contribution in [0.25, 0.3) is 0 Å². The summed E-state index contributed by atoms with van der Waals surface area (Å²) in [5.41, 5.74) is 1.74. The lowest BCUT2D eigenvalue weighted by Gasteiger charge is -2.04. The molecule has 0 bridgehead atoms. The van der Waals surface area contributed by atoms with E-state index in [0.29, 0.717) is 16.6 Å². The summed E-state index contributed by atoms with van der Waals surface area (Å²) in [5.74, 6) is 0.932. The lowest BCUT2D eigenvalue weighted by Crippen LogP contribution is -2.25. The zero-order valence-electron chi connectivity index (χ0n) is 11.4. The van der Waals surface area contributed by atoms with Crippen LogP contribution in [-0.4, -0.2) is 11.1 Å². The highest BCUT2D eigenvalue weighted by atomic mass is 35.5. The van der Waals surface area contributed by atoms with Crippen LogP contribution < -0.4 is 5.32 Å². The number of nitrogens with zero attached hydrogens (tertiary/aromatic N) is 1. The second-order valence-electron chi connectivity index (χ2n) is 5.30. The topological polar surface area (TPSA) is 55.1 Å². The van der Waals surface area contributed by atoms with Crippen LogP contribution in [-0.2, 0) is 11.3 Å². The Balaban J connectivity index is 1.58. The molecule has 1 fully saturated rings. The Morgan fingerprint density at radius 2 is 2.05 bits per heavy atom. The highest BCUT2D eigenvalue weighted by Gasteiger charge is 2.44. The summed E-state index contributed by atoms with van der Waals surface area (Å²) in [4.78, 5) is 12.1. The number of carbonyl (C=O) groups excluding carboxylic acids is 1. The number of carbonyl (C=O) groups is 1. The number of aromatic nitrogens is 1. The number of benzene rings is 1. The van der Waals surface area contributed by atoms with E-state index < -0.39 is 0 Å². The molecule has 1 heterocycles. The molecule has 0 aliphatic heterocycles. The molecule has 1 N–H and O–H groups in total. The Morgan fingerprint density at radius 3 is 2.67 bits per heavy atom. The summed E-state index contributed by atoms with van der Waals surface area (Å²) >= 11 is 12.0. The fraction of sp³-hybridized carbons (Fsp3) is 0.333. The predicted octanol–water partition coefficient (Wildman–Crippen LogP) is 3.71. The highest BCUT2D eigenvalue weighted by molar-refractivity contribution is 6.34. The maximum atomic E-state index is 12.1. The first-order valence-electron chi connectivity index (χ1n) is 6.69. The standard InChI is InChI=1S/C15H14Cl2N2O2/c1-8-2-12(19-21-8)7-18-15(20)14-6-13(14)9-3-10(16)5-11(17)4-9/h2-5,13-14H,6-7H2,1H3,(H,18,20)/t13-,14+/m0/s1. The van der Waals surface area contributed by atoms with E-state index in [1.54, 1.807) is 12.1 Å². The number of amides is 1. The van der Waals surface area contributed by atoms with Gasteiger partial charge in [0, 0.05) is 22.0 Å². The fourth-order valence-electron chi connectivity index (χ4n) is 2.45. The van der Waals surface area contributed by atoms with Crippen molar-refractivity contribution in [1.29, 1.82) is 0 Å². The maximum Gasteiger partial charge on any atom is 0.224 e. The molecule has 0 radical (unpaired) electrons. The van der Waals surface area contributed by atoms with E-state index in [1.807, 2.05) is 19.1 Å². The summed E-state index contributed by atoms with van der Waals surface area (Å²) < 4.78 is 4.96. The van der Waals surface area contributed by atoms with Gasteiger partial charge < -0.3 is 9.84 Å². The number of hydrogen-bond acceptors (Lipinski definition) is 3. The van der Waals surface area contributed by atoms with Gasteiger partial charge in [0.1, 0.15) is 11.5 Å². The fourth-order valence-corrected chi connectivity index (χ4v) is 3.00. The Kier molecular flexibility index (Phi) is 3.91. The Morgan fingerprint density at radius 1 is 1.33 bits per heavy atom. The zero-order valence-corrected chi connectivity index (χ0v) is 12.9. The van der Waals surface area contributed by atoms with E-state index in [0.717, 1.165) is 23.4 Å². The van der Waals surface area contributed by atoms with Crippen molar-refractivity contribution in [2.75, 3.05) is 0 Å². The summed E-state index contributed by atoms with van der Waals surface area (Å²) in [6, 6.07) is 7.23. The second kappa shape index (κ2) is 5.70. The normalized spacial score (nSPS) is 20.3. The van der Waals surface area contributed by atoms with Crippen LogP contribution >= 0.6 is 23.2 Å². The number of hydrogen-bond donors (Lipinski definition) is 1. The SMILES string of the molecule is Cc1cc(CNC(=O)[C@@H]2C[C@H]2c2cc(Cl)cc(Cl)c2)no1. The van der Waals surface area contributed by atoms with E-state index in [9.17, 15) is 4.79 Å². The third-order valence-corrected chi connectivity index (χ3v) is 4.00. The monoisotopic (exact) mass is 324 g/mol. The molecule has 1 amide bonds. The van der Waals surface area contributed by atoms with Crippen LogP contribution in [0.3, 0.4) is 0 Å². The predicted molar refractivity (Wildman–Crippen MR) is 80.4 cm³/mol. The first-order chi connectivity index (χ1) is 10.0. The molecule has 21 heavy (non-hydrogen) atoms. The van der Waals surface area contributed by atoms with Gasteiger partial charge in [-0.25, -0.2) is 0 Å². The smallest absolute Gasteiger partial charge is 0.224 e. The third-order valence-electron chi connectivity index (χ3n) is 3.56. The number of nitrogens with one attached hydrogen (secondary N) is 1. The minimum Gasteiger partial charge on any atom is -0.361 e. The molecule has 6 heteroatoms. The van der Waals surface area contributed by atoms with Gasteiger partial charge in [0.05, 0.1) is 6.54 Å². The molecule has 0 spiro atoms. The zero-order chi connectivity index (χ0) is 15.0. The third kappa shape index (κ3) is 3.39. The van der Waals surface area contributed by atoms with Gasteiger partial charge in [-0.2, -0.15) is 0 Å². The van der Waals surface area contributed by atoms with Gasteiger partial charge in [-0.3, -0.25) is 4.79 Å². The average Bonchev–Trinajstić information content (AvgIpc) is 3.12. The van der Waals surface area contributed by atoms with Crippen LogP contribution in [0.2, 0.25) is 10.0 Å². The van der Waals surface area contributed by atoms with E-state index in [4.69, 9.17) is 27.7 Å². The van der Waals surface area contributed by atoms with Crippen LogP contribution in [0.1, 0.15) is 29.4 Å². The molecule has 1 aromatic carbocycles. The molecule has 0 unspecified atom stereocenters. The van der Waals surface area contributed by atoms with E-state index in [2.05, 4.69) is 10.5 Å². The largest absolute Gasteiger partial charge is 0.361 e. The van der Waals surface area contributed by atoms with Crippen molar-refractivity contribution in [1.82, 2.24) is 10.5 Å². The van der Waals surface area contributed by atoms with Gasteiger partial charge in [-0.15, -0.1) is 0 Å². The molecule has 1 aliphatic rings. The number of halogens is 2. The Labute approximate surface area is 132 Å². The van der Waals surface area contributed by atoms with Crippen molar-refractivity contribution in [3.63, 3.8) is 0 Å². The van der Waals surface area contributed by atoms with Crippen LogP contribution in [0.15, 0.2) is 28.8 Å². The van der Waals surface area contributed by atoms with Crippen molar-refractivity contribution in [3.8, 4) is 0 Å². The lowest BCUT2D eigenvalue weighted by atomic mass is 10.1. The molecule has 0 saturated heterocycles. The van der Waals surface area contributed by atoms with Crippen LogP contribution in [0, 0.1) is 12.8 Å². The lowest BCUT2D eigenvalue weighted by molar-refractivity contribution is -0.122. The van der Waals surface area contributed by atoms with E-state index >= 15 is 0 Å². The maximum absolute atomic E-state index is 12.1. The Bertz CT molecular complexity index is 664. The van der Waals surface area contributed by atoms with Crippen molar-refractivity contribution >= 4 is 29.1 Å². The molecule has 1 aliphatic carbocycles. The Hall–Kier alpha value is -1.52. The summed E-state index contributed by atoms with van der Waals surface area (Å²) in [5, 5.41) is 7.92. The van der Waals surface area contributed by atoms with E-state index in [-0.39, 0.29) is 17.7 Å². The number of aryl methyl sites for hydroxylation is 1. The minimum absolute atomic E-state index is 0.0208. The molecule has 2 atom stereocenters. The van der Waals surface area contributed by atoms with Crippen LogP contribution in [0.5, 0.6) is 0 Å². The molecular weight excluding hydrogens is 311 g/mol. The summed E-state index contributed by atoms with van der Waals surface area (Å²) in [7, 11) is 0. The second-order valence-corrected chi connectivity index (χ2v) is 6.17. The van der Waals surface area contributed by atoms with Gasteiger partial charge in [-0.1, -0.05) is 28.4 Å². The van der Waals surface area contributed by atoms with Crippen LogP contribution in [0.4, 0.5) is 0 Å². The van der Waals surface area contributed by atoms with Gasteiger partial charge in [-0.05, 0) is 43.0 Å². The van der Waals surface area contributed by atoms with Gasteiger partial charge in [0.25, 0.3) is 0 Å².